The first kappa shape index (κ1) is 13.8. The minimum atomic E-state index is -0.781. The van der Waals surface area contributed by atoms with Crippen LogP contribution in [0.2, 0.25) is 0 Å². The Morgan fingerprint density at radius 1 is 1.50 bits per heavy atom. The molecule has 1 unspecified atom stereocenters. The Balaban J connectivity index is 4.17. The van der Waals surface area contributed by atoms with Gasteiger partial charge in [0.05, 0.1) is 6.61 Å². The van der Waals surface area contributed by atoms with Crippen LogP contribution in [0.15, 0.2) is 0 Å². The van der Waals surface area contributed by atoms with E-state index in [1.54, 1.807) is 6.92 Å². The van der Waals surface area contributed by atoms with Gasteiger partial charge in [-0.25, -0.2) is 0 Å². The third kappa shape index (κ3) is 4.86. The maximum Gasteiger partial charge on any atom is 0.319 e. The zero-order chi connectivity index (χ0) is 11.2. The molecule has 0 fully saturated rings. The lowest BCUT2D eigenvalue weighted by Gasteiger charge is -2.24. The molecule has 0 heterocycles. The number of hydrogen-bond acceptors (Lipinski definition) is 3. The minimum absolute atomic E-state index is 0.0369. The molecule has 0 bridgehead atoms. The highest BCUT2D eigenvalue weighted by Gasteiger charge is 2.32. The molecular weight excluding hydrogens is 200 g/mol. The van der Waals surface area contributed by atoms with Gasteiger partial charge in [-0.1, -0.05) is 13.8 Å². The number of aliphatic carboxylic acids is 1. The average Bonchev–Trinajstić information content (AvgIpc) is 2.11. The molecule has 0 aliphatic carbocycles. The Morgan fingerprint density at radius 3 is 2.43 bits per heavy atom. The predicted octanol–water partition coefficient (Wildman–Crippen LogP) is 1.99. The van der Waals surface area contributed by atoms with Gasteiger partial charge in [-0.3, -0.25) is 4.79 Å². The largest absolute Gasteiger partial charge is 0.480 e. The van der Waals surface area contributed by atoms with Crippen molar-refractivity contribution < 1.29 is 15.0 Å². The summed E-state index contributed by atoms with van der Waals surface area (Å²) in [4.78, 5) is 11.0. The normalized spacial score (nSPS) is 15.5. The molecule has 1 atom stereocenters. The van der Waals surface area contributed by atoms with Crippen LogP contribution in [0.25, 0.3) is 0 Å². The van der Waals surface area contributed by atoms with Crippen LogP contribution >= 0.6 is 11.8 Å². The molecule has 14 heavy (non-hydrogen) atoms. The summed E-state index contributed by atoms with van der Waals surface area (Å²) in [5.41, 5.74) is 0. The zero-order valence-electron chi connectivity index (χ0n) is 9.12. The summed E-state index contributed by atoms with van der Waals surface area (Å²) >= 11 is 1.32. The van der Waals surface area contributed by atoms with E-state index in [1.807, 2.05) is 0 Å². The SMILES string of the molecule is CC(C)CCC(C)(SCCO)C(=O)O. The minimum Gasteiger partial charge on any atom is -0.480 e. The first-order chi connectivity index (χ1) is 6.42. The number of carbonyl (C=O) groups is 1. The Bertz CT molecular complexity index is 182. The molecule has 0 saturated heterocycles. The number of aliphatic hydroxyl groups excluding tert-OH is 1. The summed E-state index contributed by atoms with van der Waals surface area (Å²) in [6.07, 6.45) is 1.56. The fourth-order valence-corrected chi connectivity index (χ4v) is 2.00. The second-order valence-corrected chi connectivity index (χ2v) is 5.64. The molecule has 4 heteroatoms. The van der Waals surface area contributed by atoms with E-state index < -0.39 is 10.7 Å². The lowest BCUT2D eigenvalue weighted by Crippen LogP contribution is -2.32. The first-order valence-electron chi connectivity index (χ1n) is 4.90. The summed E-state index contributed by atoms with van der Waals surface area (Å²) < 4.78 is -0.743. The Kier molecular flexibility index (Phi) is 6.20. The third-order valence-corrected chi connectivity index (χ3v) is 3.57. The highest BCUT2D eigenvalue weighted by Crippen LogP contribution is 2.31. The van der Waals surface area contributed by atoms with Crippen molar-refractivity contribution in [1.82, 2.24) is 0 Å². The van der Waals surface area contributed by atoms with Crippen LogP contribution in [-0.2, 0) is 4.79 Å². The van der Waals surface area contributed by atoms with Crippen molar-refractivity contribution in [2.24, 2.45) is 5.92 Å². The molecule has 0 aromatic heterocycles. The summed E-state index contributed by atoms with van der Waals surface area (Å²) in [5.74, 6) is 0.223. The second-order valence-electron chi connectivity index (χ2n) is 4.04. The highest BCUT2D eigenvalue weighted by molar-refractivity contribution is 8.01. The van der Waals surface area contributed by atoms with Crippen molar-refractivity contribution in [2.45, 2.75) is 38.4 Å². The number of carboxylic acid groups (broad SMARTS) is 1. The molecule has 0 radical (unpaired) electrons. The molecule has 0 aromatic carbocycles. The zero-order valence-corrected chi connectivity index (χ0v) is 9.93. The Morgan fingerprint density at radius 2 is 2.07 bits per heavy atom. The van der Waals surface area contributed by atoms with Crippen LogP contribution < -0.4 is 0 Å². The van der Waals surface area contributed by atoms with Crippen LogP contribution in [0.4, 0.5) is 0 Å². The van der Waals surface area contributed by atoms with Crippen molar-refractivity contribution in [2.75, 3.05) is 12.4 Å². The van der Waals surface area contributed by atoms with Crippen LogP contribution in [0.1, 0.15) is 33.6 Å². The van der Waals surface area contributed by atoms with E-state index in [2.05, 4.69) is 13.8 Å². The quantitative estimate of drug-likeness (QED) is 0.689. The highest BCUT2D eigenvalue weighted by atomic mass is 32.2. The topological polar surface area (TPSA) is 57.5 Å². The van der Waals surface area contributed by atoms with Gasteiger partial charge in [-0.2, -0.15) is 0 Å². The molecule has 0 rings (SSSR count). The molecule has 2 N–H and O–H groups in total. The van der Waals surface area contributed by atoms with Crippen LogP contribution in [-0.4, -0.2) is 33.3 Å². The number of aliphatic hydroxyl groups is 1. The van der Waals surface area contributed by atoms with Gasteiger partial charge in [0.2, 0.25) is 0 Å². The standard InChI is InChI=1S/C10H20O3S/c1-8(2)4-5-10(3,9(12)13)14-7-6-11/h8,11H,4-7H2,1-3H3,(H,12,13). The number of rotatable bonds is 7. The lowest BCUT2D eigenvalue weighted by molar-refractivity contribution is -0.139. The number of hydrogen-bond donors (Lipinski definition) is 2. The molecular formula is C10H20O3S. The van der Waals surface area contributed by atoms with Gasteiger partial charge < -0.3 is 10.2 Å². The molecule has 0 aromatic rings. The maximum atomic E-state index is 11.0. The smallest absolute Gasteiger partial charge is 0.319 e. The monoisotopic (exact) mass is 220 g/mol. The van der Waals surface area contributed by atoms with E-state index in [1.165, 1.54) is 11.8 Å². The molecule has 0 spiro atoms. The molecule has 84 valence electrons. The average molecular weight is 220 g/mol. The van der Waals surface area contributed by atoms with Gasteiger partial charge in [0.15, 0.2) is 0 Å². The molecule has 0 amide bonds. The van der Waals surface area contributed by atoms with Crippen LogP contribution in [0.3, 0.4) is 0 Å². The van der Waals surface area contributed by atoms with Crippen LogP contribution in [0.5, 0.6) is 0 Å². The van der Waals surface area contributed by atoms with Crippen molar-refractivity contribution in [1.29, 1.82) is 0 Å². The van der Waals surface area contributed by atoms with Crippen molar-refractivity contribution >= 4 is 17.7 Å². The maximum absolute atomic E-state index is 11.0. The first-order valence-corrected chi connectivity index (χ1v) is 5.89. The molecule has 0 saturated carbocycles. The fourth-order valence-electron chi connectivity index (χ4n) is 1.08. The molecule has 3 nitrogen and oxygen atoms in total. The molecule has 0 aliphatic rings. The Hall–Kier alpha value is -0.220. The van der Waals surface area contributed by atoms with Crippen molar-refractivity contribution in [3.8, 4) is 0 Å². The van der Waals surface area contributed by atoms with E-state index in [9.17, 15) is 4.79 Å². The summed E-state index contributed by atoms with van der Waals surface area (Å²) in [6.45, 7) is 5.94. The summed E-state index contributed by atoms with van der Waals surface area (Å²) in [5, 5.41) is 17.7. The van der Waals surface area contributed by atoms with Crippen LogP contribution in [0, 0.1) is 5.92 Å². The van der Waals surface area contributed by atoms with Gasteiger partial charge in [-0.05, 0) is 25.7 Å². The van der Waals surface area contributed by atoms with Gasteiger partial charge in [0.1, 0.15) is 4.75 Å². The summed E-state index contributed by atoms with van der Waals surface area (Å²) in [6, 6.07) is 0. The lowest BCUT2D eigenvalue weighted by atomic mass is 9.99. The van der Waals surface area contributed by atoms with Crippen molar-refractivity contribution in [3.63, 3.8) is 0 Å². The second kappa shape index (κ2) is 6.30. The van der Waals surface area contributed by atoms with E-state index >= 15 is 0 Å². The van der Waals surface area contributed by atoms with Gasteiger partial charge in [0.25, 0.3) is 0 Å². The van der Waals surface area contributed by atoms with Gasteiger partial charge in [-0.15, -0.1) is 11.8 Å². The third-order valence-electron chi connectivity index (χ3n) is 2.16. The van der Waals surface area contributed by atoms with E-state index in [0.717, 1.165) is 6.42 Å². The molecule has 0 aliphatic heterocycles. The predicted molar refractivity (Wildman–Crippen MR) is 59.7 cm³/mol. The number of thioether (sulfide) groups is 1. The van der Waals surface area contributed by atoms with Crippen molar-refractivity contribution in [3.05, 3.63) is 0 Å². The number of carboxylic acids is 1. The Labute approximate surface area is 89.9 Å². The van der Waals surface area contributed by atoms with E-state index in [-0.39, 0.29) is 6.61 Å². The van der Waals surface area contributed by atoms with Gasteiger partial charge in [0, 0.05) is 5.75 Å². The van der Waals surface area contributed by atoms with E-state index in [0.29, 0.717) is 18.1 Å². The summed E-state index contributed by atoms with van der Waals surface area (Å²) in [7, 11) is 0. The van der Waals surface area contributed by atoms with Gasteiger partial charge >= 0.3 is 5.97 Å². The fraction of sp³-hybridized carbons (Fsp3) is 0.900. The van der Waals surface area contributed by atoms with E-state index in [4.69, 9.17) is 10.2 Å².